The van der Waals surface area contributed by atoms with E-state index in [2.05, 4.69) is 15.2 Å². The van der Waals surface area contributed by atoms with Crippen LogP contribution in [-0.2, 0) is 6.42 Å². The van der Waals surface area contributed by atoms with Gasteiger partial charge < -0.3 is 14.1 Å². The predicted molar refractivity (Wildman–Crippen MR) is 89.4 cm³/mol. The first kappa shape index (κ1) is 16.0. The summed E-state index contributed by atoms with van der Waals surface area (Å²) >= 11 is 0. The van der Waals surface area contributed by atoms with E-state index in [1.54, 1.807) is 25.3 Å². The first-order valence-corrected chi connectivity index (χ1v) is 7.75. The molecule has 6 nitrogen and oxygen atoms in total. The van der Waals surface area contributed by atoms with Crippen LogP contribution in [0.15, 0.2) is 28.7 Å². The maximum atomic E-state index is 12.9. The van der Waals surface area contributed by atoms with E-state index in [-0.39, 0.29) is 5.78 Å². The summed E-state index contributed by atoms with van der Waals surface area (Å²) in [4.78, 5) is 16.1. The van der Waals surface area contributed by atoms with Crippen molar-refractivity contribution in [2.75, 3.05) is 7.11 Å². The van der Waals surface area contributed by atoms with Crippen LogP contribution in [0.5, 0.6) is 5.75 Å². The Morgan fingerprint density at radius 1 is 1.29 bits per heavy atom. The third kappa shape index (κ3) is 2.71. The molecular weight excluding hydrogens is 306 g/mol. The maximum Gasteiger partial charge on any atom is 0.264 e. The highest BCUT2D eigenvalue weighted by molar-refractivity contribution is 6.11. The normalized spacial score (nSPS) is 10.8. The average Bonchev–Trinajstić information content (AvgIpc) is 3.18. The Labute approximate surface area is 139 Å². The van der Waals surface area contributed by atoms with Gasteiger partial charge in [-0.1, -0.05) is 19.1 Å². The van der Waals surface area contributed by atoms with Crippen molar-refractivity contribution in [1.29, 1.82) is 0 Å². The highest BCUT2D eigenvalue weighted by Gasteiger charge is 2.23. The zero-order valence-corrected chi connectivity index (χ0v) is 14.1. The Balaban J connectivity index is 2.03. The van der Waals surface area contributed by atoms with Crippen molar-refractivity contribution in [2.45, 2.75) is 27.2 Å². The Bertz CT molecular complexity index is 893. The minimum atomic E-state index is -0.0679. The maximum absolute atomic E-state index is 12.9. The molecule has 0 saturated heterocycles. The molecule has 0 aliphatic heterocycles. The van der Waals surface area contributed by atoms with Crippen molar-refractivity contribution in [2.24, 2.45) is 0 Å². The van der Waals surface area contributed by atoms with Gasteiger partial charge >= 0.3 is 0 Å². The number of carbonyl (C=O) groups excluding carboxylic acids is 1. The Morgan fingerprint density at radius 2 is 2.08 bits per heavy atom. The highest BCUT2D eigenvalue weighted by atomic mass is 16.5. The molecule has 1 N–H and O–H groups in total. The van der Waals surface area contributed by atoms with Crippen LogP contribution < -0.4 is 4.74 Å². The number of carbonyl (C=O) groups is 1. The second kappa shape index (κ2) is 6.31. The number of hydrogen-bond acceptors (Lipinski definition) is 5. The van der Waals surface area contributed by atoms with Crippen LogP contribution in [0.3, 0.4) is 0 Å². The molecule has 0 bridgehead atoms. The Hall–Kier alpha value is -2.89. The van der Waals surface area contributed by atoms with E-state index >= 15 is 0 Å². The predicted octanol–water partition coefficient (Wildman–Crippen LogP) is 3.48. The fourth-order valence-corrected chi connectivity index (χ4v) is 2.71. The van der Waals surface area contributed by atoms with Crippen LogP contribution in [0.4, 0.5) is 0 Å². The molecule has 0 spiro atoms. The topological polar surface area (TPSA) is 81.0 Å². The van der Waals surface area contributed by atoms with Crippen LogP contribution in [-0.4, -0.2) is 28.1 Å². The molecule has 2 heterocycles. The SMILES string of the molecule is CCc1nnc(-c2[nH]c(C)c(C(=O)c3cccc(OC)c3)c2C)o1. The van der Waals surface area contributed by atoms with Gasteiger partial charge in [-0.25, -0.2) is 0 Å². The van der Waals surface area contributed by atoms with Crippen molar-refractivity contribution >= 4 is 5.78 Å². The van der Waals surface area contributed by atoms with Crippen LogP contribution in [0.2, 0.25) is 0 Å². The van der Waals surface area contributed by atoms with Crippen LogP contribution >= 0.6 is 0 Å². The third-order valence-electron chi connectivity index (χ3n) is 3.98. The lowest BCUT2D eigenvalue weighted by Crippen LogP contribution is -2.04. The summed E-state index contributed by atoms with van der Waals surface area (Å²) < 4.78 is 10.8. The number of ketones is 1. The zero-order chi connectivity index (χ0) is 17.3. The largest absolute Gasteiger partial charge is 0.497 e. The number of benzene rings is 1. The molecule has 0 saturated carbocycles. The number of ether oxygens (including phenoxy) is 1. The number of nitrogens with zero attached hydrogens (tertiary/aromatic N) is 2. The second-order valence-corrected chi connectivity index (χ2v) is 5.54. The van der Waals surface area contributed by atoms with E-state index in [9.17, 15) is 4.79 Å². The van der Waals surface area contributed by atoms with Gasteiger partial charge in [0, 0.05) is 23.2 Å². The summed E-state index contributed by atoms with van der Waals surface area (Å²) in [5.41, 5.74) is 3.45. The van der Waals surface area contributed by atoms with Crippen molar-refractivity contribution < 1.29 is 13.9 Å². The molecule has 24 heavy (non-hydrogen) atoms. The number of hydrogen-bond donors (Lipinski definition) is 1. The average molecular weight is 325 g/mol. The summed E-state index contributed by atoms with van der Waals surface area (Å²) in [5, 5.41) is 8.03. The second-order valence-electron chi connectivity index (χ2n) is 5.54. The van der Waals surface area contributed by atoms with Gasteiger partial charge in [0.1, 0.15) is 11.4 Å². The summed E-state index contributed by atoms with van der Waals surface area (Å²) in [5.74, 6) is 1.55. The minimum absolute atomic E-state index is 0.0679. The van der Waals surface area contributed by atoms with E-state index in [0.29, 0.717) is 40.8 Å². The summed E-state index contributed by atoms with van der Waals surface area (Å²) in [7, 11) is 1.58. The number of aryl methyl sites for hydroxylation is 2. The van der Waals surface area contributed by atoms with Crippen molar-refractivity contribution in [1.82, 2.24) is 15.2 Å². The molecular formula is C18H19N3O3. The molecule has 2 aromatic heterocycles. The van der Waals surface area contributed by atoms with E-state index in [4.69, 9.17) is 9.15 Å². The first-order chi connectivity index (χ1) is 11.5. The fraction of sp³-hybridized carbons (Fsp3) is 0.278. The molecule has 0 amide bonds. The molecule has 0 aliphatic carbocycles. The molecule has 0 fully saturated rings. The first-order valence-electron chi connectivity index (χ1n) is 7.75. The van der Waals surface area contributed by atoms with Gasteiger partial charge in [0.2, 0.25) is 5.89 Å². The van der Waals surface area contributed by atoms with Gasteiger partial charge in [0.25, 0.3) is 5.89 Å². The van der Waals surface area contributed by atoms with Gasteiger partial charge in [-0.15, -0.1) is 10.2 Å². The number of nitrogens with one attached hydrogen (secondary N) is 1. The number of rotatable bonds is 5. The summed E-state index contributed by atoms with van der Waals surface area (Å²) in [6, 6.07) is 7.12. The van der Waals surface area contributed by atoms with Gasteiger partial charge in [-0.2, -0.15) is 0 Å². The standard InChI is InChI=1S/C18H19N3O3/c1-5-14-20-21-18(24-14)16-10(2)15(11(3)19-16)17(22)12-7-6-8-13(9-12)23-4/h6-9,19H,5H2,1-4H3. The van der Waals surface area contributed by atoms with E-state index in [1.165, 1.54) is 0 Å². The molecule has 0 atom stereocenters. The molecule has 6 heteroatoms. The third-order valence-corrected chi connectivity index (χ3v) is 3.98. The molecule has 124 valence electrons. The van der Waals surface area contributed by atoms with E-state index < -0.39 is 0 Å². The Morgan fingerprint density at radius 3 is 2.75 bits per heavy atom. The smallest absolute Gasteiger partial charge is 0.264 e. The van der Waals surface area contributed by atoms with Gasteiger partial charge in [0.15, 0.2) is 5.78 Å². The zero-order valence-electron chi connectivity index (χ0n) is 14.1. The molecule has 0 radical (unpaired) electrons. The number of methoxy groups -OCH3 is 1. The summed E-state index contributed by atoms with van der Waals surface area (Å²) in [6.07, 6.45) is 0.668. The molecule has 3 aromatic rings. The lowest BCUT2D eigenvalue weighted by molar-refractivity contribution is 0.103. The van der Waals surface area contributed by atoms with Crippen LogP contribution in [0.25, 0.3) is 11.6 Å². The van der Waals surface area contributed by atoms with E-state index in [0.717, 1.165) is 11.3 Å². The molecule has 0 unspecified atom stereocenters. The minimum Gasteiger partial charge on any atom is -0.497 e. The van der Waals surface area contributed by atoms with E-state index in [1.807, 2.05) is 26.8 Å². The number of H-pyrrole nitrogens is 1. The Kier molecular flexibility index (Phi) is 4.20. The number of aromatic nitrogens is 3. The monoisotopic (exact) mass is 325 g/mol. The molecule has 0 aliphatic rings. The van der Waals surface area contributed by atoms with Crippen LogP contribution in [0.1, 0.15) is 40.0 Å². The number of aromatic amines is 1. The van der Waals surface area contributed by atoms with Crippen molar-refractivity contribution in [3.8, 4) is 17.3 Å². The van der Waals surface area contributed by atoms with Crippen molar-refractivity contribution in [3.05, 3.63) is 52.5 Å². The van der Waals surface area contributed by atoms with Gasteiger partial charge in [0.05, 0.1) is 7.11 Å². The highest BCUT2D eigenvalue weighted by Crippen LogP contribution is 2.29. The molecule has 3 rings (SSSR count). The quantitative estimate of drug-likeness (QED) is 0.726. The lowest BCUT2D eigenvalue weighted by Gasteiger charge is -2.05. The van der Waals surface area contributed by atoms with Crippen LogP contribution in [0, 0.1) is 13.8 Å². The fourth-order valence-electron chi connectivity index (χ4n) is 2.71. The molecule has 1 aromatic carbocycles. The van der Waals surface area contributed by atoms with Gasteiger partial charge in [-0.05, 0) is 31.5 Å². The van der Waals surface area contributed by atoms with Gasteiger partial charge in [-0.3, -0.25) is 4.79 Å². The van der Waals surface area contributed by atoms with Crippen molar-refractivity contribution in [3.63, 3.8) is 0 Å². The lowest BCUT2D eigenvalue weighted by atomic mass is 9.99. The summed E-state index contributed by atoms with van der Waals surface area (Å²) in [6.45, 7) is 5.69.